The molecule has 0 aromatic rings. The van der Waals surface area contributed by atoms with Crippen molar-refractivity contribution in [1.82, 2.24) is 0 Å². The second kappa shape index (κ2) is 68.1. The molecule has 0 radical (unpaired) electrons. The number of allylic oxidation sites excluding steroid dienone is 22. The number of esters is 3. The Kier molecular flexibility index (Phi) is 64.3. The lowest BCUT2D eigenvalue weighted by molar-refractivity contribution is -0.167. The molecule has 460 valence electrons. The molecule has 0 amide bonds. The average molecular weight is 1120 g/mol. The van der Waals surface area contributed by atoms with Gasteiger partial charge in [-0.3, -0.25) is 14.4 Å². The van der Waals surface area contributed by atoms with Gasteiger partial charge in [-0.1, -0.05) is 302 Å². The van der Waals surface area contributed by atoms with Crippen LogP contribution in [0.25, 0.3) is 0 Å². The largest absolute Gasteiger partial charge is 0.462 e. The van der Waals surface area contributed by atoms with Crippen LogP contribution in [-0.2, 0) is 28.6 Å². The highest BCUT2D eigenvalue weighted by molar-refractivity contribution is 5.71. The summed E-state index contributed by atoms with van der Waals surface area (Å²) < 4.78 is 16.9. The number of unbranched alkanes of at least 4 members (excludes halogenated alkanes) is 27. The molecule has 0 fully saturated rings. The molecule has 6 nitrogen and oxygen atoms in total. The Morgan fingerprint density at radius 2 is 0.494 bits per heavy atom. The third-order valence-electron chi connectivity index (χ3n) is 14.1. The predicted octanol–water partition coefficient (Wildman–Crippen LogP) is 23.3. The van der Waals surface area contributed by atoms with Crippen LogP contribution >= 0.6 is 0 Å². The van der Waals surface area contributed by atoms with Crippen molar-refractivity contribution in [2.24, 2.45) is 0 Å². The Labute approximate surface area is 500 Å². The van der Waals surface area contributed by atoms with Crippen molar-refractivity contribution in [3.8, 4) is 0 Å². The minimum absolute atomic E-state index is 0.0968. The summed E-state index contributed by atoms with van der Waals surface area (Å²) in [5.74, 6) is -0.936. The third-order valence-corrected chi connectivity index (χ3v) is 14.1. The smallest absolute Gasteiger partial charge is 0.306 e. The Bertz CT molecular complexity index is 1720. The fraction of sp³-hybridized carbons (Fsp3) is 0.667. The van der Waals surface area contributed by atoms with Crippen LogP contribution in [0.4, 0.5) is 0 Å². The first kappa shape index (κ1) is 76.5. The maximum absolute atomic E-state index is 12.9. The molecule has 1 unspecified atom stereocenters. The molecule has 0 saturated heterocycles. The summed E-state index contributed by atoms with van der Waals surface area (Å²) >= 11 is 0. The van der Waals surface area contributed by atoms with Gasteiger partial charge in [-0.2, -0.15) is 0 Å². The Hall–Kier alpha value is -4.45. The topological polar surface area (TPSA) is 78.9 Å². The molecule has 0 aromatic heterocycles. The zero-order valence-corrected chi connectivity index (χ0v) is 52.8. The summed E-state index contributed by atoms with van der Waals surface area (Å²) in [4.78, 5) is 38.3. The molecule has 0 heterocycles. The van der Waals surface area contributed by atoms with Gasteiger partial charge in [0.25, 0.3) is 0 Å². The van der Waals surface area contributed by atoms with Crippen LogP contribution < -0.4 is 0 Å². The van der Waals surface area contributed by atoms with Crippen LogP contribution in [0, 0.1) is 0 Å². The van der Waals surface area contributed by atoms with E-state index in [9.17, 15) is 14.4 Å². The third kappa shape index (κ3) is 66.2. The van der Waals surface area contributed by atoms with Gasteiger partial charge in [0.15, 0.2) is 6.10 Å². The molecular formula is C75H124O6. The van der Waals surface area contributed by atoms with Crippen molar-refractivity contribution in [1.29, 1.82) is 0 Å². The number of ether oxygens (including phenoxy) is 3. The summed E-state index contributed by atoms with van der Waals surface area (Å²) in [5.41, 5.74) is 0. The van der Waals surface area contributed by atoms with Gasteiger partial charge >= 0.3 is 17.9 Å². The fourth-order valence-electron chi connectivity index (χ4n) is 9.10. The van der Waals surface area contributed by atoms with Crippen molar-refractivity contribution in [2.45, 2.75) is 309 Å². The van der Waals surface area contributed by atoms with Gasteiger partial charge in [0.1, 0.15) is 13.2 Å². The van der Waals surface area contributed by atoms with Gasteiger partial charge < -0.3 is 14.2 Å². The molecule has 0 N–H and O–H groups in total. The summed E-state index contributed by atoms with van der Waals surface area (Å²) in [6.07, 6.45) is 96.0. The van der Waals surface area contributed by atoms with Crippen LogP contribution in [0.3, 0.4) is 0 Å². The second-order valence-corrected chi connectivity index (χ2v) is 22.0. The first-order valence-electron chi connectivity index (χ1n) is 33.7. The molecule has 0 aromatic carbocycles. The highest BCUT2D eigenvalue weighted by atomic mass is 16.6. The quantitative estimate of drug-likeness (QED) is 0.0261. The van der Waals surface area contributed by atoms with E-state index in [1.807, 2.05) is 0 Å². The molecule has 6 heteroatoms. The molecule has 0 spiro atoms. The van der Waals surface area contributed by atoms with E-state index in [1.54, 1.807) is 0 Å². The zero-order valence-electron chi connectivity index (χ0n) is 52.8. The number of hydrogen-bond donors (Lipinski definition) is 0. The average Bonchev–Trinajstić information content (AvgIpc) is 3.47. The molecule has 0 aliphatic rings. The SMILES string of the molecule is CC/C=C\C/C=C\C/C=C\C/C=C\C/C=C\C/C=C\C/C=C\C/C=C\C/C=C\CCCCCC(=O)OCC(COC(=O)CCCCCCC/C=C\C/C=C\CCCC)OC(=O)CCCCCCCCCCCCCCCCCCCC. The monoisotopic (exact) mass is 1120 g/mol. The van der Waals surface area contributed by atoms with Crippen molar-refractivity contribution in [3.63, 3.8) is 0 Å². The van der Waals surface area contributed by atoms with Gasteiger partial charge in [-0.05, 0) is 116 Å². The van der Waals surface area contributed by atoms with Crippen LogP contribution in [0.15, 0.2) is 134 Å². The lowest BCUT2D eigenvalue weighted by atomic mass is 10.0. The number of carbonyl (C=O) groups is 3. The summed E-state index contributed by atoms with van der Waals surface area (Å²) in [6, 6.07) is 0. The standard InChI is InChI=1S/C75H124O6/c1-4-7-10-13-16-19-22-25-28-30-32-33-34-35-36-37-38-39-40-41-42-43-44-46-47-50-53-56-59-62-65-68-74(77)80-71-72(70-79-73(76)67-64-61-58-55-52-49-27-24-21-18-15-12-9-6-3)81-75(78)69-66-63-60-57-54-51-48-45-31-29-26-23-20-17-14-11-8-5-2/h7,10,15-16,18-19,24-25,27-28,32-33,35-36,38-39,41-42,44,46,50,53,72H,4-6,8-9,11-14,17,20-23,26,29-31,34,37,40,43,45,47-49,51-52,54-71H2,1-3H3/b10-7-,18-15-,19-16-,27-24-,28-25-,33-32-,36-35-,39-38-,42-41-,46-44-,53-50-. The number of carbonyl (C=O) groups excluding carboxylic acids is 3. The van der Waals surface area contributed by atoms with Crippen LogP contribution in [0.5, 0.6) is 0 Å². The van der Waals surface area contributed by atoms with Gasteiger partial charge in [0, 0.05) is 19.3 Å². The second-order valence-electron chi connectivity index (χ2n) is 22.0. The molecule has 0 aliphatic carbocycles. The lowest BCUT2D eigenvalue weighted by Gasteiger charge is -2.18. The van der Waals surface area contributed by atoms with E-state index in [4.69, 9.17) is 14.2 Å². The molecule has 0 rings (SSSR count). The van der Waals surface area contributed by atoms with Crippen molar-refractivity contribution in [2.75, 3.05) is 13.2 Å². The Morgan fingerprint density at radius 3 is 0.802 bits per heavy atom. The maximum atomic E-state index is 12.9. The molecule has 0 aliphatic heterocycles. The summed E-state index contributed by atoms with van der Waals surface area (Å²) in [7, 11) is 0. The van der Waals surface area contributed by atoms with Crippen molar-refractivity contribution in [3.05, 3.63) is 134 Å². The summed E-state index contributed by atoms with van der Waals surface area (Å²) in [5, 5.41) is 0. The fourth-order valence-corrected chi connectivity index (χ4v) is 9.10. The molecule has 0 saturated carbocycles. The van der Waals surface area contributed by atoms with Crippen molar-refractivity contribution >= 4 is 17.9 Å². The number of rotatable bonds is 60. The van der Waals surface area contributed by atoms with E-state index >= 15 is 0 Å². The molecular weight excluding hydrogens is 997 g/mol. The van der Waals surface area contributed by atoms with E-state index in [0.717, 1.165) is 148 Å². The molecule has 81 heavy (non-hydrogen) atoms. The lowest BCUT2D eigenvalue weighted by Crippen LogP contribution is -2.30. The minimum Gasteiger partial charge on any atom is -0.462 e. The van der Waals surface area contributed by atoms with E-state index in [-0.39, 0.29) is 31.1 Å². The van der Waals surface area contributed by atoms with E-state index in [0.29, 0.717) is 19.3 Å². The van der Waals surface area contributed by atoms with Gasteiger partial charge in [0.05, 0.1) is 0 Å². The first-order valence-corrected chi connectivity index (χ1v) is 33.7. The number of hydrogen-bond acceptors (Lipinski definition) is 6. The van der Waals surface area contributed by atoms with Gasteiger partial charge in [-0.15, -0.1) is 0 Å². The highest BCUT2D eigenvalue weighted by Gasteiger charge is 2.19. The van der Waals surface area contributed by atoms with Crippen molar-refractivity contribution < 1.29 is 28.6 Å². The molecule has 0 bridgehead atoms. The van der Waals surface area contributed by atoms with Crippen LogP contribution in [-0.4, -0.2) is 37.2 Å². The highest BCUT2D eigenvalue weighted by Crippen LogP contribution is 2.16. The van der Waals surface area contributed by atoms with Gasteiger partial charge in [-0.25, -0.2) is 0 Å². The Balaban J connectivity index is 4.40. The normalized spacial score (nSPS) is 13.0. The maximum Gasteiger partial charge on any atom is 0.306 e. The van der Waals surface area contributed by atoms with Crippen LogP contribution in [0.2, 0.25) is 0 Å². The van der Waals surface area contributed by atoms with E-state index in [2.05, 4.69) is 154 Å². The predicted molar refractivity (Wildman–Crippen MR) is 353 cm³/mol. The Morgan fingerprint density at radius 1 is 0.259 bits per heavy atom. The molecule has 1 atom stereocenters. The summed E-state index contributed by atoms with van der Waals surface area (Å²) in [6.45, 7) is 6.47. The van der Waals surface area contributed by atoms with Crippen LogP contribution in [0.1, 0.15) is 303 Å². The minimum atomic E-state index is -0.801. The van der Waals surface area contributed by atoms with Gasteiger partial charge in [0.2, 0.25) is 0 Å². The zero-order chi connectivity index (χ0) is 58.5. The first-order chi connectivity index (χ1) is 40.0. The van der Waals surface area contributed by atoms with E-state index in [1.165, 1.54) is 116 Å². The van der Waals surface area contributed by atoms with E-state index < -0.39 is 6.10 Å².